The lowest BCUT2D eigenvalue weighted by Gasteiger charge is -2.17. The number of nitrogens with zero attached hydrogens (tertiary/aromatic N) is 1. The van der Waals surface area contributed by atoms with E-state index in [1.54, 1.807) is 24.3 Å². The maximum atomic E-state index is 13.8. The number of benzene rings is 2. The van der Waals surface area contributed by atoms with Crippen LogP contribution in [0.4, 0.5) is 10.1 Å². The van der Waals surface area contributed by atoms with E-state index in [9.17, 15) is 9.18 Å². The average molecular weight is 423 g/mol. The van der Waals surface area contributed by atoms with E-state index in [1.807, 2.05) is 18.3 Å². The fourth-order valence-electron chi connectivity index (χ4n) is 5.67. The lowest BCUT2D eigenvalue weighted by atomic mass is 9.89. The summed E-state index contributed by atoms with van der Waals surface area (Å²) in [6.45, 7) is 0. The van der Waals surface area contributed by atoms with Crippen LogP contribution in [0.15, 0.2) is 54.7 Å². The second kappa shape index (κ2) is 7.99. The zero-order chi connectivity index (χ0) is 20.7. The molecule has 1 amide bonds. The molecule has 2 aromatic carbocycles. The van der Waals surface area contributed by atoms with Crippen LogP contribution in [0.1, 0.15) is 43.6 Å². The molecular formula is C25H24ClFN2O. The molecular weight excluding hydrogens is 399 g/mol. The minimum atomic E-state index is -0.207. The maximum Gasteiger partial charge on any atom is 0.224 e. The van der Waals surface area contributed by atoms with Crippen LogP contribution in [0.25, 0.3) is 10.9 Å². The van der Waals surface area contributed by atoms with Crippen LogP contribution in [0.5, 0.6) is 0 Å². The molecule has 30 heavy (non-hydrogen) atoms. The van der Waals surface area contributed by atoms with Gasteiger partial charge in [-0.2, -0.15) is 0 Å². The van der Waals surface area contributed by atoms with Crippen LogP contribution >= 0.6 is 11.6 Å². The molecule has 3 nitrogen and oxygen atoms in total. The van der Waals surface area contributed by atoms with E-state index in [1.165, 1.54) is 11.6 Å². The van der Waals surface area contributed by atoms with Crippen molar-refractivity contribution in [3.8, 4) is 0 Å². The van der Waals surface area contributed by atoms with Gasteiger partial charge in [0.15, 0.2) is 0 Å². The fraction of sp³-hybridized carbons (Fsp3) is 0.360. The normalized spacial score (nSPS) is 25.4. The van der Waals surface area contributed by atoms with Crippen LogP contribution < -0.4 is 5.32 Å². The van der Waals surface area contributed by atoms with Crippen molar-refractivity contribution in [3.63, 3.8) is 0 Å². The third kappa shape index (κ3) is 3.93. The van der Waals surface area contributed by atoms with Crippen molar-refractivity contribution in [1.29, 1.82) is 0 Å². The predicted molar refractivity (Wildman–Crippen MR) is 118 cm³/mol. The summed E-state index contributed by atoms with van der Waals surface area (Å²) in [6.07, 6.45) is 6.86. The molecule has 0 spiro atoms. The van der Waals surface area contributed by atoms with Gasteiger partial charge in [0.2, 0.25) is 5.91 Å². The van der Waals surface area contributed by atoms with Crippen molar-refractivity contribution in [2.45, 2.75) is 38.0 Å². The van der Waals surface area contributed by atoms with E-state index < -0.39 is 0 Å². The molecule has 5 rings (SSSR count). The highest BCUT2D eigenvalue weighted by Crippen LogP contribution is 2.53. The molecule has 0 radical (unpaired) electrons. The first-order valence-corrected chi connectivity index (χ1v) is 11.0. The zero-order valence-electron chi connectivity index (χ0n) is 16.7. The number of pyridine rings is 1. The van der Waals surface area contributed by atoms with Gasteiger partial charge in [-0.1, -0.05) is 11.6 Å². The number of carbonyl (C=O) groups is 1. The highest BCUT2D eigenvalue weighted by molar-refractivity contribution is 6.30. The fourth-order valence-corrected chi connectivity index (χ4v) is 5.79. The maximum absolute atomic E-state index is 13.8. The van der Waals surface area contributed by atoms with Crippen molar-refractivity contribution < 1.29 is 9.18 Å². The molecule has 2 saturated carbocycles. The number of halogens is 2. The Bertz CT molecular complexity index is 1070. The first-order valence-electron chi connectivity index (χ1n) is 10.6. The Morgan fingerprint density at radius 1 is 1.03 bits per heavy atom. The molecule has 2 fully saturated rings. The first-order chi connectivity index (χ1) is 14.5. The SMILES string of the molecule is O=C(CC1C[C@@H]2CC(c3ccnc4ccc(F)cc34)C[C@@H]2C1)Nc1ccc(Cl)cc1. The number of rotatable bonds is 4. The predicted octanol–water partition coefficient (Wildman–Crippen LogP) is 6.58. The molecule has 0 aliphatic heterocycles. The van der Waals surface area contributed by atoms with E-state index in [-0.39, 0.29) is 11.7 Å². The summed E-state index contributed by atoms with van der Waals surface area (Å²) in [5.41, 5.74) is 2.88. The molecule has 154 valence electrons. The standard InChI is InChI=1S/C25H24ClFN2O/c26-19-1-4-21(5-2-19)29-25(30)11-15-9-16-12-18(13-17(16)10-15)22-7-8-28-24-6-3-20(27)14-23(22)24/h1-8,14-18H,9-13H2,(H,29,30)/t15?,16-,17+,18?. The van der Waals surface area contributed by atoms with E-state index in [4.69, 9.17) is 11.6 Å². The van der Waals surface area contributed by atoms with Crippen LogP contribution in [-0.4, -0.2) is 10.9 Å². The molecule has 2 aliphatic rings. The molecule has 2 unspecified atom stereocenters. The first kappa shape index (κ1) is 19.5. The Kier molecular flexibility index (Phi) is 5.20. The van der Waals surface area contributed by atoms with Crippen molar-refractivity contribution in [2.24, 2.45) is 17.8 Å². The summed E-state index contributed by atoms with van der Waals surface area (Å²) in [7, 11) is 0. The minimum Gasteiger partial charge on any atom is -0.326 e. The van der Waals surface area contributed by atoms with Crippen LogP contribution in [0.3, 0.4) is 0 Å². The number of aromatic nitrogens is 1. The van der Waals surface area contributed by atoms with Gasteiger partial charge >= 0.3 is 0 Å². The molecule has 5 heteroatoms. The lowest BCUT2D eigenvalue weighted by molar-refractivity contribution is -0.117. The molecule has 1 heterocycles. The Morgan fingerprint density at radius 3 is 2.50 bits per heavy atom. The van der Waals surface area contributed by atoms with Crippen molar-refractivity contribution in [1.82, 2.24) is 4.98 Å². The average Bonchev–Trinajstić information content (AvgIpc) is 3.27. The number of hydrogen-bond donors (Lipinski definition) is 1. The van der Waals surface area contributed by atoms with Crippen molar-refractivity contribution in [3.05, 3.63) is 71.1 Å². The van der Waals surface area contributed by atoms with Gasteiger partial charge in [-0.3, -0.25) is 9.78 Å². The van der Waals surface area contributed by atoms with Crippen LogP contribution in [-0.2, 0) is 4.79 Å². The van der Waals surface area contributed by atoms with Gasteiger partial charge < -0.3 is 5.32 Å². The summed E-state index contributed by atoms with van der Waals surface area (Å²) in [5, 5.41) is 4.59. The molecule has 1 N–H and O–H groups in total. The largest absolute Gasteiger partial charge is 0.326 e. The number of carbonyl (C=O) groups excluding carboxylic acids is 1. The quantitative estimate of drug-likeness (QED) is 0.516. The summed E-state index contributed by atoms with van der Waals surface area (Å²) < 4.78 is 13.8. The van der Waals surface area contributed by atoms with Gasteiger partial charge in [0, 0.05) is 28.7 Å². The summed E-state index contributed by atoms with van der Waals surface area (Å²) in [4.78, 5) is 16.8. The second-order valence-corrected chi connectivity index (χ2v) is 9.28. The third-order valence-electron chi connectivity index (χ3n) is 6.89. The molecule has 3 aromatic rings. The number of amides is 1. The number of fused-ring (bicyclic) bond motifs is 2. The highest BCUT2D eigenvalue weighted by atomic mass is 35.5. The van der Waals surface area contributed by atoms with E-state index in [2.05, 4.69) is 16.4 Å². The van der Waals surface area contributed by atoms with Gasteiger partial charge in [0.05, 0.1) is 5.52 Å². The Morgan fingerprint density at radius 2 is 1.77 bits per heavy atom. The zero-order valence-corrected chi connectivity index (χ0v) is 17.4. The number of anilines is 1. The Balaban J connectivity index is 1.21. The summed E-state index contributed by atoms with van der Waals surface area (Å²) in [5.74, 6) is 2.08. The topological polar surface area (TPSA) is 42.0 Å². The van der Waals surface area contributed by atoms with Gasteiger partial charge in [-0.25, -0.2) is 4.39 Å². The van der Waals surface area contributed by atoms with E-state index in [0.717, 1.165) is 42.3 Å². The van der Waals surface area contributed by atoms with Crippen molar-refractivity contribution >= 4 is 34.1 Å². The monoisotopic (exact) mass is 422 g/mol. The van der Waals surface area contributed by atoms with Crippen molar-refractivity contribution in [2.75, 3.05) is 5.32 Å². The van der Waals surface area contributed by atoms with Crippen LogP contribution in [0.2, 0.25) is 5.02 Å². The molecule has 0 saturated heterocycles. The van der Waals surface area contributed by atoms with Gasteiger partial charge in [-0.05, 0) is 103 Å². The lowest BCUT2D eigenvalue weighted by Crippen LogP contribution is -2.15. The second-order valence-electron chi connectivity index (χ2n) is 8.85. The van der Waals surface area contributed by atoms with Gasteiger partial charge in [0.25, 0.3) is 0 Å². The summed E-state index contributed by atoms with van der Waals surface area (Å²) in [6, 6.07) is 14.1. The third-order valence-corrected chi connectivity index (χ3v) is 7.14. The molecule has 4 atom stereocenters. The van der Waals surface area contributed by atoms with Crippen LogP contribution in [0, 0.1) is 23.6 Å². The number of hydrogen-bond acceptors (Lipinski definition) is 2. The van der Waals surface area contributed by atoms with Gasteiger partial charge in [0.1, 0.15) is 5.82 Å². The van der Waals surface area contributed by atoms with E-state index in [0.29, 0.717) is 35.1 Å². The summed E-state index contributed by atoms with van der Waals surface area (Å²) >= 11 is 5.90. The van der Waals surface area contributed by atoms with E-state index >= 15 is 0 Å². The Labute approximate surface area is 180 Å². The Hall–Kier alpha value is -2.46. The van der Waals surface area contributed by atoms with Gasteiger partial charge in [-0.15, -0.1) is 0 Å². The highest BCUT2D eigenvalue weighted by Gasteiger charge is 2.42. The molecule has 1 aromatic heterocycles. The molecule has 0 bridgehead atoms. The number of nitrogens with one attached hydrogen (secondary N) is 1. The minimum absolute atomic E-state index is 0.0782. The smallest absolute Gasteiger partial charge is 0.224 e. The molecule has 2 aliphatic carbocycles.